The van der Waals surface area contributed by atoms with E-state index in [-0.39, 0.29) is 17.2 Å². The normalized spacial score (nSPS) is 10.9. The number of benzene rings is 3. The van der Waals surface area contributed by atoms with Crippen LogP contribution in [-0.2, 0) is 4.79 Å². The quantitative estimate of drug-likeness (QED) is 0.332. The average molecular weight is 459 g/mol. The number of rotatable bonds is 6. The van der Waals surface area contributed by atoms with Crippen molar-refractivity contribution in [3.63, 3.8) is 0 Å². The van der Waals surface area contributed by atoms with Gasteiger partial charge in [-0.3, -0.25) is 14.2 Å². The molecule has 168 valence electrons. The van der Waals surface area contributed by atoms with Crippen LogP contribution in [0.25, 0.3) is 16.6 Å². The van der Waals surface area contributed by atoms with E-state index in [1.54, 1.807) is 10.6 Å². The number of amides is 1. The molecule has 0 unspecified atom stereocenters. The molecular formula is C26H26N4O2S. The summed E-state index contributed by atoms with van der Waals surface area (Å²) >= 11 is 1.25. The van der Waals surface area contributed by atoms with Gasteiger partial charge in [0, 0.05) is 25.5 Å². The highest BCUT2D eigenvalue weighted by atomic mass is 32.2. The van der Waals surface area contributed by atoms with E-state index in [1.165, 1.54) is 11.8 Å². The maximum atomic E-state index is 13.4. The Morgan fingerprint density at radius 2 is 1.73 bits per heavy atom. The van der Waals surface area contributed by atoms with Crippen molar-refractivity contribution in [1.82, 2.24) is 9.55 Å². The van der Waals surface area contributed by atoms with Crippen molar-refractivity contribution in [2.75, 3.05) is 30.1 Å². The van der Waals surface area contributed by atoms with E-state index in [2.05, 4.69) is 5.32 Å². The number of carbonyl (C=O) groups is 1. The largest absolute Gasteiger partial charge is 0.378 e. The number of nitrogens with zero attached hydrogens (tertiary/aromatic N) is 3. The van der Waals surface area contributed by atoms with Gasteiger partial charge in [-0.2, -0.15) is 0 Å². The maximum Gasteiger partial charge on any atom is 0.266 e. The lowest BCUT2D eigenvalue weighted by Crippen LogP contribution is -2.23. The zero-order chi connectivity index (χ0) is 23.5. The highest BCUT2D eigenvalue weighted by Crippen LogP contribution is 2.25. The molecule has 1 amide bonds. The molecule has 0 fully saturated rings. The summed E-state index contributed by atoms with van der Waals surface area (Å²) in [6, 6.07) is 20.8. The molecule has 0 bridgehead atoms. The SMILES string of the molecule is Cc1cccc(-n2c(SCC(=O)Nc3ccc(N(C)C)cc3)nc3ccccc3c2=O)c1C. The number of aryl methyl sites for hydroxylation is 1. The number of hydrogen-bond donors (Lipinski definition) is 1. The molecule has 1 heterocycles. The summed E-state index contributed by atoms with van der Waals surface area (Å²) in [6.07, 6.45) is 0. The molecule has 7 heteroatoms. The summed E-state index contributed by atoms with van der Waals surface area (Å²) in [5, 5.41) is 3.96. The third-order valence-corrected chi connectivity index (χ3v) is 6.50. The smallest absolute Gasteiger partial charge is 0.266 e. The second-order valence-corrected chi connectivity index (χ2v) is 8.99. The van der Waals surface area contributed by atoms with Gasteiger partial charge in [-0.15, -0.1) is 0 Å². The monoisotopic (exact) mass is 458 g/mol. The van der Waals surface area contributed by atoms with Gasteiger partial charge in [0.05, 0.1) is 22.3 Å². The predicted octanol–water partition coefficient (Wildman–Crippen LogP) is 4.80. The Labute approximate surface area is 197 Å². The Bertz CT molecular complexity index is 1380. The number of anilines is 2. The Hall–Kier alpha value is -3.58. The van der Waals surface area contributed by atoms with E-state index in [1.807, 2.05) is 93.5 Å². The summed E-state index contributed by atoms with van der Waals surface area (Å²) in [6.45, 7) is 4.00. The molecule has 0 saturated carbocycles. The van der Waals surface area contributed by atoms with Crippen LogP contribution in [0.5, 0.6) is 0 Å². The Kier molecular flexibility index (Phi) is 6.51. The fraction of sp³-hybridized carbons (Fsp3) is 0.192. The summed E-state index contributed by atoms with van der Waals surface area (Å²) in [4.78, 5) is 32.8. The zero-order valence-electron chi connectivity index (χ0n) is 19.1. The van der Waals surface area contributed by atoms with Crippen molar-refractivity contribution in [2.45, 2.75) is 19.0 Å². The standard InChI is InChI=1S/C26H26N4O2S/c1-17-8-7-11-23(18(17)2)30-25(32)21-9-5-6-10-22(21)28-26(30)33-16-24(31)27-19-12-14-20(15-13-19)29(3)4/h5-15H,16H2,1-4H3,(H,27,31). The number of fused-ring (bicyclic) bond motifs is 1. The van der Waals surface area contributed by atoms with Crippen molar-refractivity contribution in [3.8, 4) is 5.69 Å². The van der Waals surface area contributed by atoms with Crippen LogP contribution in [0.1, 0.15) is 11.1 Å². The molecule has 4 rings (SSSR count). The summed E-state index contributed by atoms with van der Waals surface area (Å²) < 4.78 is 1.62. The van der Waals surface area contributed by atoms with Crippen LogP contribution in [-0.4, -0.2) is 35.3 Å². The minimum Gasteiger partial charge on any atom is -0.378 e. The van der Waals surface area contributed by atoms with Gasteiger partial charge in [-0.1, -0.05) is 36.0 Å². The molecule has 0 saturated heterocycles. The Morgan fingerprint density at radius 1 is 1.00 bits per heavy atom. The fourth-order valence-electron chi connectivity index (χ4n) is 3.57. The molecule has 0 aliphatic carbocycles. The highest BCUT2D eigenvalue weighted by Gasteiger charge is 2.16. The van der Waals surface area contributed by atoms with Gasteiger partial charge >= 0.3 is 0 Å². The molecule has 3 aromatic carbocycles. The molecule has 0 radical (unpaired) electrons. The molecule has 0 atom stereocenters. The lowest BCUT2D eigenvalue weighted by atomic mass is 10.1. The van der Waals surface area contributed by atoms with Gasteiger partial charge in [0.25, 0.3) is 5.56 Å². The van der Waals surface area contributed by atoms with Gasteiger partial charge in [-0.25, -0.2) is 4.98 Å². The van der Waals surface area contributed by atoms with E-state index in [4.69, 9.17) is 4.98 Å². The van der Waals surface area contributed by atoms with Crippen LogP contribution in [0.3, 0.4) is 0 Å². The lowest BCUT2D eigenvalue weighted by molar-refractivity contribution is -0.113. The third-order valence-electron chi connectivity index (χ3n) is 5.56. The summed E-state index contributed by atoms with van der Waals surface area (Å²) in [7, 11) is 3.94. The van der Waals surface area contributed by atoms with Gasteiger partial charge in [0.15, 0.2) is 5.16 Å². The third kappa shape index (κ3) is 4.78. The number of thioether (sulfide) groups is 1. The van der Waals surface area contributed by atoms with E-state index >= 15 is 0 Å². The molecule has 0 aliphatic rings. The van der Waals surface area contributed by atoms with Crippen molar-refractivity contribution >= 4 is 39.9 Å². The van der Waals surface area contributed by atoms with E-state index in [9.17, 15) is 9.59 Å². The lowest BCUT2D eigenvalue weighted by Gasteiger charge is -2.16. The van der Waals surface area contributed by atoms with Crippen LogP contribution >= 0.6 is 11.8 Å². The number of carbonyl (C=O) groups excluding carboxylic acids is 1. The van der Waals surface area contributed by atoms with Gasteiger partial charge in [0.1, 0.15) is 0 Å². The number of aromatic nitrogens is 2. The van der Waals surface area contributed by atoms with Crippen molar-refractivity contribution in [1.29, 1.82) is 0 Å². The zero-order valence-corrected chi connectivity index (χ0v) is 19.9. The van der Waals surface area contributed by atoms with E-state index in [0.29, 0.717) is 16.1 Å². The van der Waals surface area contributed by atoms with Crippen LogP contribution in [0.4, 0.5) is 11.4 Å². The van der Waals surface area contributed by atoms with Crippen LogP contribution in [0.15, 0.2) is 76.7 Å². The van der Waals surface area contributed by atoms with Gasteiger partial charge in [0.2, 0.25) is 5.91 Å². The number of hydrogen-bond acceptors (Lipinski definition) is 5. The number of nitrogens with one attached hydrogen (secondary N) is 1. The predicted molar refractivity (Wildman–Crippen MR) is 137 cm³/mol. The van der Waals surface area contributed by atoms with Crippen LogP contribution in [0.2, 0.25) is 0 Å². The first-order chi connectivity index (χ1) is 15.8. The highest BCUT2D eigenvalue weighted by molar-refractivity contribution is 7.99. The molecule has 1 N–H and O–H groups in total. The Morgan fingerprint density at radius 3 is 2.45 bits per heavy atom. The summed E-state index contributed by atoms with van der Waals surface area (Å²) in [5.41, 5.74) is 5.12. The minimum atomic E-state index is -0.160. The van der Waals surface area contributed by atoms with E-state index < -0.39 is 0 Å². The van der Waals surface area contributed by atoms with Gasteiger partial charge < -0.3 is 10.2 Å². The van der Waals surface area contributed by atoms with E-state index in [0.717, 1.165) is 28.2 Å². The molecule has 0 aliphatic heterocycles. The average Bonchev–Trinajstić information content (AvgIpc) is 2.80. The molecule has 1 aromatic heterocycles. The minimum absolute atomic E-state index is 0.130. The maximum absolute atomic E-state index is 13.4. The first-order valence-electron chi connectivity index (χ1n) is 10.6. The van der Waals surface area contributed by atoms with Crippen LogP contribution < -0.4 is 15.8 Å². The molecule has 0 spiro atoms. The molecule has 33 heavy (non-hydrogen) atoms. The van der Waals surface area contributed by atoms with Crippen molar-refractivity contribution < 1.29 is 4.79 Å². The molecule has 4 aromatic rings. The van der Waals surface area contributed by atoms with Crippen molar-refractivity contribution in [3.05, 3.63) is 88.2 Å². The number of para-hydroxylation sites is 1. The second-order valence-electron chi connectivity index (χ2n) is 8.05. The molecule has 6 nitrogen and oxygen atoms in total. The topological polar surface area (TPSA) is 67.2 Å². The molecular weight excluding hydrogens is 432 g/mol. The van der Waals surface area contributed by atoms with Crippen LogP contribution in [0, 0.1) is 13.8 Å². The van der Waals surface area contributed by atoms with Gasteiger partial charge in [-0.05, 0) is 67.4 Å². The Balaban J connectivity index is 1.65. The first-order valence-corrected chi connectivity index (χ1v) is 11.6. The second kappa shape index (κ2) is 9.50. The summed E-state index contributed by atoms with van der Waals surface area (Å²) in [5.74, 6) is -0.0297. The first kappa shape index (κ1) is 22.6. The van der Waals surface area contributed by atoms with Crippen molar-refractivity contribution in [2.24, 2.45) is 0 Å². The fourth-order valence-corrected chi connectivity index (χ4v) is 4.38.